The summed E-state index contributed by atoms with van der Waals surface area (Å²) in [7, 11) is -3.64. The van der Waals surface area contributed by atoms with Crippen LogP contribution in [0.4, 0.5) is 0 Å². The topological polar surface area (TPSA) is 52.0 Å². The second kappa shape index (κ2) is 4.86. The highest BCUT2D eigenvalue weighted by atomic mass is 32.2. The number of pyridine rings is 1. The molecular weight excluding hydrogens is 284 g/mol. The van der Waals surface area contributed by atoms with Gasteiger partial charge in [0.15, 0.2) is 5.65 Å². The lowest BCUT2D eigenvalue weighted by molar-refractivity contribution is 0.589. The highest BCUT2D eigenvalue weighted by Gasteiger charge is 2.19. The number of benzene rings is 1. The Hall–Kier alpha value is -2.40. The van der Waals surface area contributed by atoms with Gasteiger partial charge >= 0.3 is 0 Å². The average Bonchev–Trinajstić information content (AvgIpc) is 2.91. The lowest BCUT2D eigenvalue weighted by atomic mass is 10.2. The van der Waals surface area contributed by atoms with Crippen LogP contribution < -0.4 is 0 Å². The zero-order valence-corrected chi connectivity index (χ0v) is 12.3. The van der Waals surface area contributed by atoms with Crippen LogP contribution in [0.1, 0.15) is 12.6 Å². The SMILES string of the molecule is C=C(C)c1ccc2ccn(S(=O)(=O)c3ccccc3)c2n1. The van der Waals surface area contributed by atoms with E-state index in [2.05, 4.69) is 11.6 Å². The van der Waals surface area contributed by atoms with Crippen LogP contribution in [0, 0.1) is 0 Å². The molecule has 2 heterocycles. The van der Waals surface area contributed by atoms with Gasteiger partial charge < -0.3 is 0 Å². The first-order chi connectivity index (χ1) is 10.00. The van der Waals surface area contributed by atoms with Gasteiger partial charge in [0.25, 0.3) is 10.0 Å². The van der Waals surface area contributed by atoms with E-state index in [9.17, 15) is 8.42 Å². The predicted molar refractivity (Wildman–Crippen MR) is 83.5 cm³/mol. The van der Waals surface area contributed by atoms with Gasteiger partial charge in [-0.3, -0.25) is 0 Å². The molecule has 5 heteroatoms. The molecule has 3 rings (SSSR count). The van der Waals surface area contributed by atoms with E-state index in [1.807, 2.05) is 19.1 Å². The van der Waals surface area contributed by atoms with Crippen LogP contribution >= 0.6 is 0 Å². The van der Waals surface area contributed by atoms with E-state index in [0.29, 0.717) is 11.3 Å². The number of hydrogen-bond donors (Lipinski definition) is 0. The first-order valence-electron chi connectivity index (χ1n) is 6.45. The molecule has 0 saturated heterocycles. The second-order valence-electron chi connectivity index (χ2n) is 4.82. The van der Waals surface area contributed by atoms with Crippen molar-refractivity contribution in [1.29, 1.82) is 0 Å². The summed E-state index contributed by atoms with van der Waals surface area (Å²) >= 11 is 0. The van der Waals surface area contributed by atoms with Crippen molar-refractivity contribution in [3.8, 4) is 0 Å². The molecule has 0 radical (unpaired) electrons. The minimum absolute atomic E-state index is 0.241. The summed E-state index contributed by atoms with van der Waals surface area (Å²) in [5, 5.41) is 0.777. The molecule has 0 bridgehead atoms. The van der Waals surface area contributed by atoms with Crippen LogP contribution in [0.3, 0.4) is 0 Å². The minimum atomic E-state index is -3.64. The molecular formula is C16H14N2O2S. The van der Waals surface area contributed by atoms with Gasteiger partial charge in [-0.15, -0.1) is 0 Å². The number of allylic oxidation sites excluding steroid dienone is 1. The summed E-state index contributed by atoms with van der Waals surface area (Å²) in [6, 6.07) is 13.8. The maximum Gasteiger partial charge on any atom is 0.269 e. The molecule has 0 aliphatic heterocycles. The van der Waals surface area contributed by atoms with Gasteiger partial charge in [0.05, 0.1) is 10.6 Å². The zero-order valence-electron chi connectivity index (χ0n) is 11.5. The Morgan fingerprint density at radius 3 is 2.48 bits per heavy atom. The van der Waals surface area contributed by atoms with Crippen molar-refractivity contribution in [2.45, 2.75) is 11.8 Å². The van der Waals surface area contributed by atoms with Gasteiger partial charge in [0.2, 0.25) is 0 Å². The quantitative estimate of drug-likeness (QED) is 0.745. The summed E-state index contributed by atoms with van der Waals surface area (Å²) in [6.07, 6.45) is 1.53. The van der Waals surface area contributed by atoms with E-state index in [4.69, 9.17) is 0 Å². The molecule has 2 aromatic heterocycles. The van der Waals surface area contributed by atoms with Crippen LogP contribution in [0.2, 0.25) is 0 Å². The normalized spacial score (nSPS) is 11.7. The third kappa shape index (κ3) is 2.25. The van der Waals surface area contributed by atoms with Crippen molar-refractivity contribution in [2.24, 2.45) is 0 Å². The molecule has 3 aromatic rings. The lowest BCUT2D eigenvalue weighted by Gasteiger charge is -2.07. The standard InChI is InChI=1S/C16H14N2O2S/c1-12(2)15-9-8-13-10-11-18(16(13)17-15)21(19,20)14-6-4-3-5-7-14/h3-11H,1H2,2H3. The second-order valence-corrected chi connectivity index (χ2v) is 6.63. The van der Waals surface area contributed by atoms with Gasteiger partial charge in [-0.05, 0) is 42.8 Å². The molecule has 0 aliphatic carbocycles. The summed E-state index contributed by atoms with van der Waals surface area (Å²) in [6.45, 7) is 5.69. The van der Waals surface area contributed by atoms with E-state index in [1.165, 1.54) is 10.2 Å². The van der Waals surface area contributed by atoms with Gasteiger partial charge in [-0.1, -0.05) is 24.8 Å². The number of fused-ring (bicyclic) bond motifs is 1. The van der Waals surface area contributed by atoms with Crippen LogP contribution in [0.15, 0.2) is 66.2 Å². The minimum Gasteiger partial charge on any atom is -0.229 e. The molecule has 0 unspecified atom stereocenters. The van der Waals surface area contributed by atoms with Crippen molar-refractivity contribution in [1.82, 2.24) is 8.96 Å². The molecule has 0 spiro atoms. The Labute approximate surface area is 123 Å². The van der Waals surface area contributed by atoms with E-state index < -0.39 is 10.0 Å². The van der Waals surface area contributed by atoms with E-state index >= 15 is 0 Å². The maximum absolute atomic E-state index is 12.7. The van der Waals surface area contributed by atoms with Crippen molar-refractivity contribution >= 4 is 26.6 Å². The van der Waals surface area contributed by atoms with E-state index in [1.54, 1.807) is 36.4 Å². The Kier molecular flexibility index (Phi) is 3.14. The van der Waals surface area contributed by atoms with Crippen molar-refractivity contribution in [3.05, 3.63) is 67.0 Å². The summed E-state index contributed by atoms with van der Waals surface area (Å²) < 4.78 is 26.6. The molecule has 0 aliphatic rings. The van der Waals surface area contributed by atoms with Crippen molar-refractivity contribution < 1.29 is 8.42 Å². The molecule has 0 fully saturated rings. The van der Waals surface area contributed by atoms with Gasteiger partial charge in [-0.25, -0.2) is 17.4 Å². The molecule has 0 N–H and O–H groups in total. The van der Waals surface area contributed by atoms with Crippen LogP contribution in [-0.2, 0) is 10.0 Å². The van der Waals surface area contributed by atoms with E-state index in [-0.39, 0.29) is 4.90 Å². The number of aromatic nitrogens is 2. The smallest absolute Gasteiger partial charge is 0.229 e. The molecule has 0 saturated carbocycles. The van der Waals surface area contributed by atoms with Gasteiger partial charge in [-0.2, -0.15) is 0 Å². The number of hydrogen-bond acceptors (Lipinski definition) is 3. The van der Waals surface area contributed by atoms with Crippen LogP contribution in [0.5, 0.6) is 0 Å². The molecule has 106 valence electrons. The fourth-order valence-corrected chi connectivity index (χ4v) is 3.45. The Balaban J connectivity index is 2.26. The monoisotopic (exact) mass is 298 g/mol. The Morgan fingerprint density at radius 2 is 1.81 bits per heavy atom. The summed E-state index contributed by atoms with van der Waals surface area (Å²) in [5.41, 5.74) is 1.90. The van der Waals surface area contributed by atoms with Gasteiger partial charge in [0.1, 0.15) is 0 Å². The predicted octanol–water partition coefficient (Wildman–Crippen LogP) is 3.31. The Bertz CT molecular complexity index is 925. The van der Waals surface area contributed by atoms with Gasteiger partial charge in [0, 0.05) is 11.6 Å². The molecule has 21 heavy (non-hydrogen) atoms. The fraction of sp³-hybridized carbons (Fsp3) is 0.0625. The molecule has 0 atom stereocenters. The highest BCUT2D eigenvalue weighted by molar-refractivity contribution is 7.90. The zero-order chi connectivity index (χ0) is 15.0. The molecule has 0 amide bonds. The molecule has 4 nitrogen and oxygen atoms in total. The third-order valence-corrected chi connectivity index (χ3v) is 4.92. The number of nitrogens with zero attached hydrogens (tertiary/aromatic N) is 2. The highest BCUT2D eigenvalue weighted by Crippen LogP contribution is 2.22. The third-order valence-electron chi connectivity index (χ3n) is 3.24. The average molecular weight is 298 g/mol. The first-order valence-corrected chi connectivity index (χ1v) is 7.89. The molecule has 1 aromatic carbocycles. The van der Waals surface area contributed by atoms with E-state index in [0.717, 1.165) is 11.0 Å². The Morgan fingerprint density at radius 1 is 1.10 bits per heavy atom. The fourth-order valence-electron chi connectivity index (χ4n) is 2.12. The lowest BCUT2D eigenvalue weighted by Crippen LogP contribution is -2.12. The number of rotatable bonds is 3. The largest absolute Gasteiger partial charge is 0.269 e. The first kappa shape index (κ1) is 13.6. The maximum atomic E-state index is 12.7. The van der Waals surface area contributed by atoms with Crippen molar-refractivity contribution in [2.75, 3.05) is 0 Å². The summed E-state index contributed by atoms with van der Waals surface area (Å²) in [4.78, 5) is 4.65. The summed E-state index contributed by atoms with van der Waals surface area (Å²) in [5.74, 6) is 0. The van der Waals surface area contributed by atoms with Crippen LogP contribution in [0.25, 0.3) is 16.6 Å². The van der Waals surface area contributed by atoms with Crippen LogP contribution in [-0.4, -0.2) is 17.4 Å². The van der Waals surface area contributed by atoms with Crippen molar-refractivity contribution in [3.63, 3.8) is 0 Å².